The van der Waals surface area contributed by atoms with Crippen molar-refractivity contribution in [2.75, 3.05) is 25.2 Å². The van der Waals surface area contributed by atoms with E-state index >= 15 is 0 Å². The van der Waals surface area contributed by atoms with E-state index in [4.69, 9.17) is 14.0 Å². The number of aromatic nitrogens is 1. The largest absolute Gasteiger partial charge is 0.503 e. The van der Waals surface area contributed by atoms with Crippen LogP contribution >= 0.6 is 0 Å². The average molecular weight is 477 g/mol. The Morgan fingerprint density at radius 3 is 2.43 bits per heavy atom. The van der Waals surface area contributed by atoms with Crippen molar-refractivity contribution in [3.05, 3.63) is 77.8 Å². The molecular formula is C27H28N2O6. The first-order chi connectivity index (χ1) is 16.7. The van der Waals surface area contributed by atoms with E-state index in [0.29, 0.717) is 35.9 Å². The molecule has 8 nitrogen and oxygen atoms in total. The van der Waals surface area contributed by atoms with Gasteiger partial charge in [-0.3, -0.25) is 14.5 Å². The number of nitrogens with zero attached hydrogens (tertiary/aromatic N) is 2. The van der Waals surface area contributed by atoms with Gasteiger partial charge in [-0.1, -0.05) is 56.3 Å². The summed E-state index contributed by atoms with van der Waals surface area (Å²) < 4.78 is 15.9. The van der Waals surface area contributed by atoms with Crippen molar-refractivity contribution in [2.45, 2.75) is 26.8 Å². The highest BCUT2D eigenvalue weighted by Crippen LogP contribution is 2.46. The molecule has 1 aromatic heterocycles. The van der Waals surface area contributed by atoms with Crippen LogP contribution in [-0.2, 0) is 14.3 Å². The molecule has 0 bridgehead atoms. The van der Waals surface area contributed by atoms with Gasteiger partial charge in [0.1, 0.15) is 24.3 Å². The van der Waals surface area contributed by atoms with E-state index in [1.54, 1.807) is 70.3 Å². The fourth-order valence-electron chi connectivity index (χ4n) is 4.03. The van der Waals surface area contributed by atoms with Crippen LogP contribution in [0.1, 0.15) is 32.4 Å². The number of hydrogen-bond acceptors (Lipinski definition) is 7. The molecule has 0 saturated carbocycles. The molecule has 182 valence electrons. The standard InChI is InChI=1S/C27H28N2O6/c1-27(2,3)25(31)22-23(19-7-5-6-8-21(19)34-16-15-33-4)29(26(32)24(22)30)18-11-9-17(10-12-18)20-13-14-35-28-20/h5-14,23,30H,15-16H2,1-4H3. The molecule has 8 heteroatoms. The number of aliphatic hydroxyl groups is 1. The molecule has 0 radical (unpaired) electrons. The van der Waals surface area contributed by atoms with Gasteiger partial charge < -0.3 is 19.1 Å². The fraction of sp³-hybridized carbons (Fsp3) is 0.296. The van der Waals surface area contributed by atoms with Crippen LogP contribution in [0.2, 0.25) is 0 Å². The van der Waals surface area contributed by atoms with Gasteiger partial charge in [-0.25, -0.2) is 0 Å². The Labute approximate surface area is 203 Å². The molecule has 35 heavy (non-hydrogen) atoms. The first kappa shape index (κ1) is 24.2. The molecule has 0 spiro atoms. The maximum Gasteiger partial charge on any atom is 0.294 e. The van der Waals surface area contributed by atoms with Gasteiger partial charge in [0.05, 0.1) is 18.2 Å². The van der Waals surface area contributed by atoms with Crippen LogP contribution in [-0.4, -0.2) is 42.3 Å². The van der Waals surface area contributed by atoms with Gasteiger partial charge in [-0.2, -0.15) is 0 Å². The molecule has 0 saturated heterocycles. The molecule has 0 fully saturated rings. The Morgan fingerprint density at radius 1 is 1.09 bits per heavy atom. The normalized spacial score (nSPS) is 16.2. The second kappa shape index (κ2) is 9.76. The van der Waals surface area contributed by atoms with Crippen LogP contribution in [0, 0.1) is 5.41 Å². The van der Waals surface area contributed by atoms with Gasteiger partial charge in [0, 0.05) is 35.4 Å². The number of anilines is 1. The summed E-state index contributed by atoms with van der Waals surface area (Å²) in [6.45, 7) is 5.94. The Bertz CT molecular complexity index is 1240. The van der Waals surface area contributed by atoms with Crippen LogP contribution < -0.4 is 9.64 Å². The molecular weight excluding hydrogens is 448 g/mol. The molecule has 1 atom stereocenters. The lowest BCUT2D eigenvalue weighted by Gasteiger charge is -2.30. The third-order valence-corrected chi connectivity index (χ3v) is 5.77. The maximum atomic E-state index is 13.5. The SMILES string of the molecule is COCCOc1ccccc1C1C(C(=O)C(C)(C)C)=C(O)C(=O)N1c1ccc(-c2ccon2)cc1. The van der Waals surface area contributed by atoms with Gasteiger partial charge >= 0.3 is 0 Å². The number of rotatable bonds is 8. The predicted molar refractivity (Wildman–Crippen MR) is 130 cm³/mol. The van der Waals surface area contributed by atoms with Gasteiger partial charge in [-0.15, -0.1) is 0 Å². The monoisotopic (exact) mass is 476 g/mol. The first-order valence-corrected chi connectivity index (χ1v) is 11.3. The Kier molecular flexibility index (Phi) is 6.75. The molecule has 2 heterocycles. The Morgan fingerprint density at radius 2 is 1.80 bits per heavy atom. The van der Waals surface area contributed by atoms with E-state index in [9.17, 15) is 14.7 Å². The van der Waals surface area contributed by atoms with Gasteiger partial charge in [0.2, 0.25) is 0 Å². The van der Waals surface area contributed by atoms with Crippen LogP contribution in [0.4, 0.5) is 5.69 Å². The van der Waals surface area contributed by atoms with Gasteiger partial charge in [-0.05, 0) is 18.2 Å². The topological polar surface area (TPSA) is 102 Å². The fourth-order valence-corrected chi connectivity index (χ4v) is 4.03. The summed E-state index contributed by atoms with van der Waals surface area (Å²) in [6.07, 6.45) is 1.48. The van der Waals surface area contributed by atoms with E-state index in [-0.39, 0.29) is 11.4 Å². The Hall–Kier alpha value is -3.91. The second-order valence-electron chi connectivity index (χ2n) is 9.23. The molecule has 4 rings (SSSR count). The summed E-state index contributed by atoms with van der Waals surface area (Å²) in [7, 11) is 1.58. The number of carbonyl (C=O) groups is 2. The van der Waals surface area contributed by atoms with Crippen LogP contribution in [0.3, 0.4) is 0 Å². The number of methoxy groups -OCH3 is 1. The smallest absolute Gasteiger partial charge is 0.294 e. The highest BCUT2D eigenvalue weighted by Gasteiger charge is 2.47. The third-order valence-electron chi connectivity index (χ3n) is 5.77. The summed E-state index contributed by atoms with van der Waals surface area (Å²) in [5.74, 6) is -1.02. The summed E-state index contributed by atoms with van der Waals surface area (Å²) in [5.41, 5.74) is 1.79. The summed E-state index contributed by atoms with van der Waals surface area (Å²) in [5, 5.41) is 14.9. The van der Waals surface area contributed by atoms with Crippen LogP contribution in [0.15, 0.2) is 76.7 Å². The van der Waals surface area contributed by atoms with Crippen molar-refractivity contribution < 1.29 is 28.7 Å². The van der Waals surface area contributed by atoms with E-state index in [1.165, 1.54) is 11.2 Å². The molecule has 1 aliphatic rings. The molecule has 1 unspecified atom stereocenters. The van der Waals surface area contributed by atoms with Crippen LogP contribution in [0.25, 0.3) is 11.3 Å². The zero-order valence-corrected chi connectivity index (χ0v) is 20.1. The number of ether oxygens (including phenoxy) is 2. The molecule has 2 aromatic carbocycles. The molecule has 0 aliphatic carbocycles. The highest BCUT2D eigenvalue weighted by molar-refractivity contribution is 6.17. The quantitative estimate of drug-likeness (QED) is 0.462. The first-order valence-electron chi connectivity index (χ1n) is 11.3. The van der Waals surface area contributed by atoms with Crippen molar-refractivity contribution in [3.63, 3.8) is 0 Å². The number of aliphatic hydroxyl groups excluding tert-OH is 1. The molecule has 1 amide bonds. The number of hydrogen-bond donors (Lipinski definition) is 1. The summed E-state index contributed by atoms with van der Waals surface area (Å²) >= 11 is 0. The van der Waals surface area contributed by atoms with Crippen LogP contribution in [0.5, 0.6) is 5.75 Å². The zero-order chi connectivity index (χ0) is 25.2. The lowest BCUT2D eigenvalue weighted by atomic mass is 9.82. The molecule has 1 N–H and O–H groups in total. The van der Waals surface area contributed by atoms with Crippen molar-refractivity contribution in [2.24, 2.45) is 5.41 Å². The number of para-hydroxylation sites is 1. The number of Topliss-reactive ketones (excluding diaryl/α,β-unsaturated/α-hetero) is 1. The highest BCUT2D eigenvalue weighted by atomic mass is 16.5. The van der Waals surface area contributed by atoms with Crippen molar-refractivity contribution in [3.8, 4) is 17.0 Å². The number of amides is 1. The average Bonchev–Trinajstić information content (AvgIpc) is 3.46. The van der Waals surface area contributed by atoms with Crippen molar-refractivity contribution in [1.29, 1.82) is 0 Å². The summed E-state index contributed by atoms with van der Waals surface area (Å²) in [4.78, 5) is 28.3. The minimum atomic E-state index is -0.870. The summed E-state index contributed by atoms with van der Waals surface area (Å²) in [6, 6.07) is 15.2. The van der Waals surface area contributed by atoms with Gasteiger partial charge in [0.25, 0.3) is 5.91 Å². The second-order valence-corrected chi connectivity index (χ2v) is 9.23. The Balaban J connectivity index is 1.82. The third kappa shape index (κ3) is 4.70. The zero-order valence-electron chi connectivity index (χ0n) is 20.1. The lowest BCUT2D eigenvalue weighted by molar-refractivity contribution is -0.123. The van der Waals surface area contributed by atoms with Crippen molar-refractivity contribution in [1.82, 2.24) is 5.16 Å². The van der Waals surface area contributed by atoms with E-state index in [2.05, 4.69) is 5.16 Å². The van der Waals surface area contributed by atoms with E-state index in [0.717, 1.165) is 5.56 Å². The number of carbonyl (C=O) groups excluding carboxylic acids is 2. The number of benzene rings is 2. The van der Waals surface area contributed by atoms with E-state index in [1.807, 2.05) is 12.1 Å². The van der Waals surface area contributed by atoms with Crippen molar-refractivity contribution >= 4 is 17.4 Å². The molecule has 3 aromatic rings. The van der Waals surface area contributed by atoms with Gasteiger partial charge in [0.15, 0.2) is 11.5 Å². The minimum Gasteiger partial charge on any atom is -0.503 e. The predicted octanol–water partition coefficient (Wildman–Crippen LogP) is 4.88. The molecule has 1 aliphatic heterocycles. The van der Waals surface area contributed by atoms with E-state index < -0.39 is 23.1 Å². The minimum absolute atomic E-state index is 0.0471. The maximum absolute atomic E-state index is 13.5. The number of ketones is 1. The lowest BCUT2D eigenvalue weighted by Crippen LogP contribution is -2.33.